The number of nitriles is 1. The molecule has 3 N–H and O–H groups in total. The molecule has 1 aliphatic carbocycles. The second-order valence-electron chi connectivity index (χ2n) is 5.56. The van der Waals surface area contributed by atoms with E-state index in [1.807, 2.05) is 0 Å². The highest BCUT2D eigenvalue weighted by Crippen LogP contribution is 2.33. The zero-order valence-electron chi connectivity index (χ0n) is 12.5. The van der Waals surface area contributed by atoms with E-state index in [2.05, 4.69) is 4.72 Å². The van der Waals surface area contributed by atoms with Crippen LogP contribution in [0.2, 0.25) is 0 Å². The fourth-order valence-corrected chi connectivity index (χ4v) is 3.96. The Kier molecular flexibility index (Phi) is 6.64. The zero-order chi connectivity index (χ0) is 17.3. The Morgan fingerprint density at radius 1 is 1.29 bits per heavy atom. The average molecular weight is 384 g/mol. The van der Waals surface area contributed by atoms with Gasteiger partial charge in [0.2, 0.25) is 10.0 Å². The summed E-state index contributed by atoms with van der Waals surface area (Å²) in [6.07, 6.45) is -2.01. The van der Waals surface area contributed by atoms with Crippen molar-refractivity contribution in [2.24, 2.45) is 5.73 Å². The monoisotopic (exact) mass is 383 g/mol. The minimum absolute atomic E-state index is 0. The second-order valence-corrected chi connectivity index (χ2v) is 7.28. The first-order chi connectivity index (χ1) is 10.6. The standard InChI is InChI=1S/C14H16F3N3O2S.ClH/c15-14(16,17)13-5-4-12(6-9(13)8-18)23(21,22)20-11-3-1-2-10(19)7-11;/h4-6,10-11,20H,1-3,7,19H2;1H. The number of halogens is 4. The summed E-state index contributed by atoms with van der Waals surface area (Å²) in [5, 5.41) is 8.85. The van der Waals surface area contributed by atoms with Crippen molar-refractivity contribution in [3.8, 4) is 6.07 Å². The highest BCUT2D eigenvalue weighted by Gasteiger charge is 2.34. The number of nitrogens with one attached hydrogen (secondary N) is 1. The van der Waals surface area contributed by atoms with Crippen LogP contribution in [0.1, 0.15) is 36.8 Å². The lowest BCUT2D eigenvalue weighted by molar-refractivity contribution is -0.137. The molecule has 0 saturated heterocycles. The van der Waals surface area contributed by atoms with Crippen molar-refractivity contribution in [1.82, 2.24) is 4.72 Å². The van der Waals surface area contributed by atoms with Gasteiger partial charge in [-0.05, 0) is 37.5 Å². The van der Waals surface area contributed by atoms with Crippen LogP contribution >= 0.6 is 12.4 Å². The normalized spacial score (nSPS) is 21.6. The SMILES string of the molecule is Cl.N#Cc1cc(S(=O)(=O)NC2CCCC(N)C2)ccc1C(F)(F)F. The van der Waals surface area contributed by atoms with E-state index in [9.17, 15) is 21.6 Å². The topological polar surface area (TPSA) is 96.0 Å². The van der Waals surface area contributed by atoms with Gasteiger partial charge >= 0.3 is 6.18 Å². The Morgan fingerprint density at radius 2 is 1.96 bits per heavy atom. The van der Waals surface area contributed by atoms with Gasteiger partial charge in [-0.15, -0.1) is 12.4 Å². The lowest BCUT2D eigenvalue weighted by atomic mass is 9.92. The zero-order valence-corrected chi connectivity index (χ0v) is 14.1. The van der Waals surface area contributed by atoms with Crippen LogP contribution in [0.25, 0.3) is 0 Å². The molecule has 1 fully saturated rings. The predicted molar refractivity (Wildman–Crippen MR) is 84.0 cm³/mol. The van der Waals surface area contributed by atoms with E-state index in [0.717, 1.165) is 25.0 Å². The lowest BCUT2D eigenvalue weighted by Crippen LogP contribution is -2.42. The third kappa shape index (κ3) is 4.83. The maximum absolute atomic E-state index is 12.7. The van der Waals surface area contributed by atoms with Gasteiger partial charge in [-0.25, -0.2) is 13.1 Å². The molecule has 0 aromatic heterocycles. The number of rotatable bonds is 3. The van der Waals surface area contributed by atoms with Crippen LogP contribution in [0.5, 0.6) is 0 Å². The van der Waals surface area contributed by atoms with Crippen molar-refractivity contribution in [1.29, 1.82) is 5.26 Å². The Bertz CT molecular complexity index is 732. The van der Waals surface area contributed by atoms with Crippen LogP contribution < -0.4 is 10.5 Å². The van der Waals surface area contributed by atoms with Crippen molar-refractivity contribution in [3.63, 3.8) is 0 Å². The van der Waals surface area contributed by atoms with E-state index in [0.29, 0.717) is 18.9 Å². The van der Waals surface area contributed by atoms with Crippen LogP contribution in [0.4, 0.5) is 13.2 Å². The van der Waals surface area contributed by atoms with E-state index in [1.54, 1.807) is 0 Å². The van der Waals surface area contributed by atoms with E-state index >= 15 is 0 Å². The summed E-state index contributed by atoms with van der Waals surface area (Å²) in [4.78, 5) is -0.360. The summed E-state index contributed by atoms with van der Waals surface area (Å²) in [5.41, 5.74) is 3.92. The minimum Gasteiger partial charge on any atom is -0.328 e. The van der Waals surface area contributed by atoms with Crippen molar-refractivity contribution in [2.45, 2.75) is 48.8 Å². The summed E-state index contributed by atoms with van der Waals surface area (Å²) in [7, 11) is -4.00. The maximum atomic E-state index is 12.7. The van der Waals surface area contributed by atoms with Crippen LogP contribution in [0.15, 0.2) is 23.1 Å². The first kappa shape index (κ1) is 20.7. The highest BCUT2D eigenvalue weighted by molar-refractivity contribution is 7.89. The first-order valence-electron chi connectivity index (χ1n) is 7.03. The number of alkyl halides is 3. The highest BCUT2D eigenvalue weighted by atomic mass is 35.5. The Morgan fingerprint density at radius 3 is 2.50 bits per heavy atom. The third-order valence-electron chi connectivity index (χ3n) is 3.76. The van der Waals surface area contributed by atoms with Gasteiger partial charge in [0.15, 0.2) is 0 Å². The van der Waals surface area contributed by atoms with Crippen molar-refractivity contribution in [2.75, 3.05) is 0 Å². The van der Waals surface area contributed by atoms with Crippen molar-refractivity contribution in [3.05, 3.63) is 29.3 Å². The fraction of sp³-hybridized carbons (Fsp3) is 0.500. The Balaban J connectivity index is 0.00000288. The molecule has 1 saturated carbocycles. The largest absolute Gasteiger partial charge is 0.417 e. The molecule has 1 aromatic rings. The van der Waals surface area contributed by atoms with Gasteiger partial charge in [-0.1, -0.05) is 6.42 Å². The van der Waals surface area contributed by atoms with Crippen molar-refractivity contribution >= 4 is 22.4 Å². The van der Waals surface area contributed by atoms with Gasteiger partial charge in [0, 0.05) is 12.1 Å². The molecule has 2 atom stereocenters. The molecule has 0 bridgehead atoms. The fourth-order valence-electron chi connectivity index (χ4n) is 2.65. The number of hydrogen-bond donors (Lipinski definition) is 2. The molecule has 2 unspecified atom stereocenters. The van der Waals surface area contributed by atoms with Gasteiger partial charge in [0.1, 0.15) is 0 Å². The second kappa shape index (κ2) is 7.70. The molecule has 0 heterocycles. The molecule has 0 aliphatic heterocycles. The first-order valence-corrected chi connectivity index (χ1v) is 8.51. The smallest absolute Gasteiger partial charge is 0.328 e. The molecule has 5 nitrogen and oxygen atoms in total. The number of nitrogens with two attached hydrogens (primary N) is 1. The van der Waals surface area contributed by atoms with Gasteiger partial charge in [0.05, 0.1) is 22.1 Å². The van der Waals surface area contributed by atoms with E-state index < -0.39 is 27.3 Å². The van der Waals surface area contributed by atoms with Gasteiger partial charge in [-0.3, -0.25) is 0 Å². The molecule has 134 valence electrons. The van der Waals surface area contributed by atoms with E-state index in [4.69, 9.17) is 11.0 Å². The van der Waals surface area contributed by atoms with Gasteiger partial charge in [-0.2, -0.15) is 18.4 Å². The minimum atomic E-state index is -4.71. The predicted octanol–water partition coefficient (Wildman–Crippen LogP) is 2.55. The summed E-state index contributed by atoms with van der Waals surface area (Å²) in [6.45, 7) is 0. The maximum Gasteiger partial charge on any atom is 0.417 e. The molecule has 0 radical (unpaired) electrons. The molecule has 0 amide bonds. The van der Waals surface area contributed by atoms with Crippen LogP contribution in [0.3, 0.4) is 0 Å². The molecule has 10 heteroatoms. The summed E-state index contributed by atoms with van der Waals surface area (Å²) in [6, 6.07) is 3.15. The number of benzene rings is 1. The molecular formula is C14H17ClF3N3O2S. The van der Waals surface area contributed by atoms with Gasteiger partial charge in [0.25, 0.3) is 0 Å². The molecule has 1 aromatic carbocycles. The molecule has 2 rings (SSSR count). The molecular weight excluding hydrogens is 367 g/mol. The number of hydrogen-bond acceptors (Lipinski definition) is 4. The third-order valence-corrected chi connectivity index (χ3v) is 5.28. The van der Waals surface area contributed by atoms with E-state index in [-0.39, 0.29) is 29.4 Å². The van der Waals surface area contributed by atoms with E-state index in [1.165, 1.54) is 6.07 Å². The Labute approximate surface area is 144 Å². The number of sulfonamides is 1. The summed E-state index contributed by atoms with van der Waals surface area (Å²) >= 11 is 0. The molecule has 24 heavy (non-hydrogen) atoms. The average Bonchev–Trinajstić information content (AvgIpc) is 2.45. The van der Waals surface area contributed by atoms with Crippen molar-refractivity contribution < 1.29 is 21.6 Å². The Hall–Kier alpha value is -1.34. The summed E-state index contributed by atoms with van der Waals surface area (Å²) < 4.78 is 65.3. The van der Waals surface area contributed by atoms with Gasteiger partial charge < -0.3 is 5.73 Å². The summed E-state index contributed by atoms with van der Waals surface area (Å²) in [5.74, 6) is 0. The number of nitrogens with zero attached hydrogens (tertiary/aromatic N) is 1. The van der Waals surface area contributed by atoms with Crippen LogP contribution in [-0.2, 0) is 16.2 Å². The quantitative estimate of drug-likeness (QED) is 0.838. The van der Waals surface area contributed by atoms with Crippen LogP contribution in [0, 0.1) is 11.3 Å². The molecule has 1 aliphatic rings. The van der Waals surface area contributed by atoms with Crippen LogP contribution in [-0.4, -0.2) is 20.5 Å². The molecule has 0 spiro atoms. The lowest BCUT2D eigenvalue weighted by Gasteiger charge is -2.27.